The SMILES string of the molecule is O=c1c(Cl)c(N2CCN(Cc3nc4ccccc4s3)CC2)cnn1-c1ccccc1. The van der Waals surface area contributed by atoms with E-state index in [4.69, 9.17) is 16.6 Å². The van der Waals surface area contributed by atoms with E-state index in [1.165, 1.54) is 9.38 Å². The molecule has 1 fully saturated rings. The molecule has 30 heavy (non-hydrogen) atoms. The van der Waals surface area contributed by atoms with Crippen LogP contribution in [0.2, 0.25) is 5.02 Å². The second-order valence-electron chi connectivity index (χ2n) is 7.23. The van der Waals surface area contributed by atoms with Gasteiger partial charge >= 0.3 is 0 Å². The molecule has 0 bridgehead atoms. The predicted octanol–water partition coefficient (Wildman–Crippen LogP) is 3.82. The zero-order valence-corrected chi connectivity index (χ0v) is 17.8. The number of hydrogen-bond acceptors (Lipinski definition) is 6. The van der Waals surface area contributed by atoms with Gasteiger partial charge in [-0.15, -0.1) is 11.3 Å². The monoisotopic (exact) mass is 437 g/mol. The minimum atomic E-state index is -0.294. The predicted molar refractivity (Wildman–Crippen MR) is 122 cm³/mol. The summed E-state index contributed by atoms with van der Waals surface area (Å²) in [5.74, 6) is 0. The number of halogens is 1. The highest BCUT2D eigenvalue weighted by Gasteiger charge is 2.22. The second kappa shape index (κ2) is 8.18. The van der Waals surface area contributed by atoms with Crippen LogP contribution in [-0.2, 0) is 6.54 Å². The summed E-state index contributed by atoms with van der Waals surface area (Å²) < 4.78 is 2.57. The van der Waals surface area contributed by atoms with Crippen LogP contribution in [0.3, 0.4) is 0 Å². The fourth-order valence-electron chi connectivity index (χ4n) is 3.72. The number of benzene rings is 2. The second-order valence-corrected chi connectivity index (χ2v) is 8.73. The molecule has 0 unspecified atom stereocenters. The molecule has 1 aliphatic heterocycles. The first-order valence-electron chi connectivity index (χ1n) is 9.84. The quantitative estimate of drug-likeness (QED) is 0.486. The number of nitrogens with zero attached hydrogens (tertiary/aromatic N) is 5. The maximum absolute atomic E-state index is 12.7. The van der Waals surface area contributed by atoms with Gasteiger partial charge in [0.05, 0.1) is 34.3 Å². The Bertz CT molecular complexity index is 1200. The lowest BCUT2D eigenvalue weighted by Crippen LogP contribution is -2.46. The molecule has 2 aromatic carbocycles. The van der Waals surface area contributed by atoms with Crippen LogP contribution >= 0.6 is 22.9 Å². The molecule has 2 aromatic heterocycles. The van der Waals surface area contributed by atoms with Crippen molar-refractivity contribution in [2.24, 2.45) is 0 Å². The van der Waals surface area contributed by atoms with Gasteiger partial charge in [0.1, 0.15) is 10.0 Å². The first-order valence-corrected chi connectivity index (χ1v) is 11.0. The molecule has 0 spiro atoms. The smallest absolute Gasteiger partial charge is 0.292 e. The lowest BCUT2D eigenvalue weighted by atomic mass is 10.2. The van der Waals surface area contributed by atoms with E-state index >= 15 is 0 Å². The molecule has 5 rings (SSSR count). The van der Waals surface area contributed by atoms with E-state index in [2.05, 4.69) is 27.0 Å². The van der Waals surface area contributed by atoms with Crippen LogP contribution in [0.4, 0.5) is 5.69 Å². The molecule has 0 N–H and O–H groups in total. The molecule has 4 aromatic rings. The maximum atomic E-state index is 12.7. The van der Waals surface area contributed by atoms with Crippen molar-refractivity contribution in [1.29, 1.82) is 0 Å². The molecule has 3 heterocycles. The normalized spacial score (nSPS) is 15.0. The molecule has 0 saturated carbocycles. The first-order chi connectivity index (χ1) is 14.7. The fraction of sp³-hybridized carbons (Fsp3) is 0.227. The van der Waals surface area contributed by atoms with E-state index in [1.807, 2.05) is 42.5 Å². The van der Waals surface area contributed by atoms with Gasteiger partial charge in [0.2, 0.25) is 0 Å². The molecule has 8 heteroatoms. The first kappa shape index (κ1) is 19.2. The molecule has 0 radical (unpaired) electrons. The summed E-state index contributed by atoms with van der Waals surface area (Å²) in [4.78, 5) is 22.0. The number of rotatable bonds is 4. The Hall–Kier alpha value is -2.74. The minimum Gasteiger partial charge on any atom is -0.366 e. The highest BCUT2D eigenvalue weighted by Crippen LogP contribution is 2.25. The van der Waals surface area contributed by atoms with E-state index in [1.54, 1.807) is 17.5 Å². The summed E-state index contributed by atoms with van der Waals surface area (Å²) in [5, 5.41) is 5.70. The number of fused-ring (bicyclic) bond motifs is 1. The Labute approximate surface area is 183 Å². The lowest BCUT2D eigenvalue weighted by molar-refractivity contribution is 0.249. The van der Waals surface area contributed by atoms with Crippen LogP contribution in [0.25, 0.3) is 15.9 Å². The van der Waals surface area contributed by atoms with Crippen molar-refractivity contribution < 1.29 is 0 Å². The van der Waals surface area contributed by atoms with Crippen LogP contribution in [0, 0.1) is 0 Å². The van der Waals surface area contributed by atoms with E-state index in [-0.39, 0.29) is 10.6 Å². The van der Waals surface area contributed by atoms with E-state index in [0.29, 0.717) is 11.4 Å². The Balaban J connectivity index is 1.28. The maximum Gasteiger partial charge on any atom is 0.292 e. The van der Waals surface area contributed by atoms with Gasteiger partial charge in [0, 0.05) is 26.2 Å². The van der Waals surface area contributed by atoms with Gasteiger partial charge in [-0.2, -0.15) is 9.78 Å². The Morgan fingerprint density at radius 2 is 1.70 bits per heavy atom. The van der Waals surface area contributed by atoms with Crippen molar-refractivity contribution in [3.63, 3.8) is 0 Å². The summed E-state index contributed by atoms with van der Waals surface area (Å²) in [6, 6.07) is 17.6. The fourth-order valence-corrected chi connectivity index (χ4v) is 4.98. The van der Waals surface area contributed by atoms with Crippen molar-refractivity contribution in [2.75, 3.05) is 31.1 Å². The largest absolute Gasteiger partial charge is 0.366 e. The van der Waals surface area contributed by atoms with Crippen LogP contribution < -0.4 is 10.5 Å². The minimum absolute atomic E-state index is 0.216. The molecule has 1 aliphatic rings. The third-order valence-electron chi connectivity index (χ3n) is 5.31. The van der Waals surface area contributed by atoms with Gasteiger partial charge in [0.15, 0.2) is 0 Å². The number of hydrogen-bond donors (Lipinski definition) is 0. The summed E-state index contributed by atoms with van der Waals surface area (Å²) in [5.41, 5.74) is 2.18. The molecule has 0 aliphatic carbocycles. The zero-order chi connectivity index (χ0) is 20.5. The van der Waals surface area contributed by atoms with Crippen molar-refractivity contribution >= 4 is 38.8 Å². The van der Waals surface area contributed by atoms with Gasteiger partial charge in [-0.1, -0.05) is 41.9 Å². The highest BCUT2D eigenvalue weighted by atomic mass is 35.5. The Kier molecular flexibility index (Phi) is 5.25. The average molecular weight is 438 g/mol. The third kappa shape index (κ3) is 3.71. The van der Waals surface area contributed by atoms with Crippen molar-refractivity contribution in [3.05, 3.63) is 81.2 Å². The van der Waals surface area contributed by atoms with Crippen molar-refractivity contribution in [2.45, 2.75) is 6.54 Å². The van der Waals surface area contributed by atoms with E-state index < -0.39 is 0 Å². The molecule has 0 amide bonds. The van der Waals surface area contributed by atoms with Gasteiger partial charge in [-0.3, -0.25) is 9.69 Å². The van der Waals surface area contributed by atoms with E-state index in [0.717, 1.165) is 43.2 Å². The lowest BCUT2D eigenvalue weighted by Gasteiger charge is -2.35. The summed E-state index contributed by atoms with van der Waals surface area (Å²) in [6.45, 7) is 4.19. The summed E-state index contributed by atoms with van der Waals surface area (Å²) >= 11 is 8.21. The number of para-hydroxylation sites is 2. The van der Waals surface area contributed by atoms with Crippen LogP contribution in [0.5, 0.6) is 0 Å². The molecular weight excluding hydrogens is 418 g/mol. The number of aromatic nitrogens is 3. The highest BCUT2D eigenvalue weighted by molar-refractivity contribution is 7.18. The van der Waals surface area contributed by atoms with Crippen LogP contribution in [0.1, 0.15) is 5.01 Å². The molecule has 0 atom stereocenters. The molecule has 152 valence electrons. The molecule has 1 saturated heterocycles. The standard InChI is InChI=1S/C22H20ClN5OS/c23-21-18(14-24-28(22(21)29)16-6-2-1-3-7-16)27-12-10-26(11-13-27)15-20-25-17-8-4-5-9-19(17)30-20/h1-9,14H,10-13,15H2. The van der Waals surface area contributed by atoms with Crippen molar-refractivity contribution in [3.8, 4) is 5.69 Å². The number of piperazine rings is 1. The summed E-state index contributed by atoms with van der Waals surface area (Å²) in [7, 11) is 0. The molecular formula is C22H20ClN5OS. The third-order valence-corrected chi connectivity index (χ3v) is 6.69. The molecule has 6 nitrogen and oxygen atoms in total. The number of anilines is 1. The summed E-state index contributed by atoms with van der Waals surface area (Å²) in [6.07, 6.45) is 1.69. The van der Waals surface area contributed by atoms with Gasteiger partial charge < -0.3 is 4.90 Å². The average Bonchev–Trinajstić information content (AvgIpc) is 3.19. The van der Waals surface area contributed by atoms with Crippen LogP contribution in [-0.4, -0.2) is 45.8 Å². The Morgan fingerprint density at radius 3 is 2.47 bits per heavy atom. The van der Waals surface area contributed by atoms with Crippen molar-refractivity contribution in [1.82, 2.24) is 19.7 Å². The van der Waals surface area contributed by atoms with Crippen LogP contribution in [0.15, 0.2) is 65.6 Å². The van der Waals surface area contributed by atoms with E-state index in [9.17, 15) is 4.79 Å². The van der Waals surface area contributed by atoms with Gasteiger partial charge in [-0.25, -0.2) is 4.98 Å². The zero-order valence-electron chi connectivity index (χ0n) is 16.2. The van der Waals surface area contributed by atoms with Gasteiger partial charge in [-0.05, 0) is 24.3 Å². The topological polar surface area (TPSA) is 54.3 Å². The number of thiazole rings is 1. The van der Waals surface area contributed by atoms with Gasteiger partial charge in [0.25, 0.3) is 5.56 Å². The Morgan fingerprint density at radius 1 is 0.967 bits per heavy atom.